The van der Waals surface area contributed by atoms with Crippen LogP contribution in [0.2, 0.25) is 0 Å². The molecule has 0 saturated carbocycles. The van der Waals surface area contributed by atoms with Gasteiger partial charge >= 0.3 is 0 Å². The number of rotatable bonds is 6. The van der Waals surface area contributed by atoms with Gasteiger partial charge in [-0.2, -0.15) is 0 Å². The van der Waals surface area contributed by atoms with Gasteiger partial charge in [0.1, 0.15) is 12.4 Å². The Hall–Kier alpha value is -3.12. The van der Waals surface area contributed by atoms with Crippen molar-refractivity contribution in [3.8, 4) is 5.75 Å². The van der Waals surface area contributed by atoms with Crippen LogP contribution in [0, 0.1) is 0 Å². The first-order valence-electron chi connectivity index (χ1n) is 8.31. The Morgan fingerprint density at radius 1 is 0.926 bits per heavy atom. The van der Waals surface area contributed by atoms with Gasteiger partial charge in [-0.3, -0.25) is 4.79 Å². The van der Waals surface area contributed by atoms with Crippen molar-refractivity contribution >= 4 is 21.4 Å². The second kappa shape index (κ2) is 8.05. The standard InChI is InChI=1S/C21H19NO4S/c1-27(24,25)19-12-7-9-17(14-19)22-21(23)20-13-6-5-8-16(20)15-26-18-10-3-2-4-11-18/h2-14H,15H2,1H3,(H,22,23). The van der Waals surface area contributed by atoms with E-state index in [1.807, 2.05) is 42.5 Å². The number of benzene rings is 3. The molecule has 3 rings (SSSR count). The molecule has 0 aliphatic heterocycles. The molecule has 0 aliphatic rings. The zero-order valence-electron chi connectivity index (χ0n) is 14.8. The molecule has 27 heavy (non-hydrogen) atoms. The molecule has 0 fully saturated rings. The van der Waals surface area contributed by atoms with Crippen molar-refractivity contribution in [2.24, 2.45) is 0 Å². The number of hydrogen-bond acceptors (Lipinski definition) is 4. The van der Waals surface area contributed by atoms with Crippen LogP contribution in [0.15, 0.2) is 83.8 Å². The number of nitrogens with one attached hydrogen (secondary N) is 1. The molecule has 0 atom stereocenters. The maximum atomic E-state index is 12.7. The molecule has 138 valence electrons. The van der Waals surface area contributed by atoms with Crippen LogP contribution in [0.1, 0.15) is 15.9 Å². The fourth-order valence-electron chi connectivity index (χ4n) is 2.55. The van der Waals surface area contributed by atoms with Crippen molar-refractivity contribution in [3.05, 3.63) is 90.0 Å². The monoisotopic (exact) mass is 381 g/mol. The number of hydrogen-bond donors (Lipinski definition) is 1. The van der Waals surface area contributed by atoms with E-state index in [0.717, 1.165) is 11.8 Å². The number of carbonyl (C=O) groups is 1. The van der Waals surface area contributed by atoms with Gasteiger partial charge in [0.2, 0.25) is 0 Å². The third kappa shape index (κ3) is 4.95. The lowest BCUT2D eigenvalue weighted by Gasteiger charge is -2.12. The SMILES string of the molecule is CS(=O)(=O)c1cccc(NC(=O)c2ccccc2COc2ccccc2)c1. The highest BCUT2D eigenvalue weighted by Gasteiger charge is 2.13. The molecule has 0 aromatic heterocycles. The first-order valence-corrected chi connectivity index (χ1v) is 10.2. The molecule has 0 bridgehead atoms. The van der Waals surface area contributed by atoms with E-state index in [0.29, 0.717) is 17.0 Å². The summed E-state index contributed by atoms with van der Waals surface area (Å²) in [5.74, 6) is 0.390. The molecule has 0 spiro atoms. The molecule has 1 amide bonds. The summed E-state index contributed by atoms with van der Waals surface area (Å²) in [5.41, 5.74) is 1.62. The van der Waals surface area contributed by atoms with Gasteiger partial charge in [-0.1, -0.05) is 42.5 Å². The lowest BCUT2D eigenvalue weighted by Crippen LogP contribution is -2.15. The fraction of sp³-hybridized carbons (Fsp3) is 0.0952. The number of ether oxygens (including phenoxy) is 1. The Labute approximate surface area is 158 Å². The van der Waals surface area contributed by atoms with Gasteiger partial charge in [0.25, 0.3) is 5.91 Å². The summed E-state index contributed by atoms with van der Waals surface area (Å²) in [6, 6.07) is 22.7. The minimum Gasteiger partial charge on any atom is -0.489 e. The molecule has 3 aromatic carbocycles. The average molecular weight is 381 g/mol. The Kier molecular flexibility index (Phi) is 5.57. The van der Waals surface area contributed by atoms with Crippen LogP contribution in [0.3, 0.4) is 0 Å². The van der Waals surface area contributed by atoms with Gasteiger partial charge < -0.3 is 10.1 Å². The molecule has 0 saturated heterocycles. The summed E-state index contributed by atoms with van der Waals surface area (Å²) < 4.78 is 29.1. The summed E-state index contributed by atoms with van der Waals surface area (Å²) in [6.07, 6.45) is 1.13. The smallest absolute Gasteiger partial charge is 0.256 e. The van der Waals surface area contributed by atoms with Gasteiger partial charge in [-0.15, -0.1) is 0 Å². The molecule has 5 nitrogen and oxygen atoms in total. The van der Waals surface area contributed by atoms with Crippen molar-refractivity contribution in [3.63, 3.8) is 0 Å². The van der Waals surface area contributed by atoms with Crippen LogP contribution in [0.4, 0.5) is 5.69 Å². The average Bonchev–Trinajstić information content (AvgIpc) is 2.67. The lowest BCUT2D eigenvalue weighted by molar-refractivity contribution is 0.102. The van der Waals surface area contributed by atoms with Crippen LogP contribution < -0.4 is 10.1 Å². The second-order valence-corrected chi connectivity index (χ2v) is 8.03. The number of para-hydroxylation sites is 1. The summed E-state index contributed by atoms with van der Waals surface area (Å²) in [5, 5.41) is 2.75. The van der Waals surface area contributed by atoms with Crippen molar-refractivity contribution in [2.45, 2.75) is 11.5 Å². The second-order valence-electron chi connectivity index (χ2n) is 6.01. The fourth-order valence-corrected chi connectivity index (χ4v) is 3.22. The molecule has 6 heteroatoms. The molecule has 0 unspecified atom stereocenters. The number of anilines is 1. The number of amides is 1. The first-order chi connectivity index (χ1) is 12.9. The van der Waals surface area contributed by atoms with E-state index in [2.05, 4.69) is 5.32 Å². The van der Waals surface area contributed by atoms with E-state index >= 15 is 0 Å². The normalized spacial score (nSPS) is 11.0. The van der Waals surface area contributed by atoms with E-state index in [-0.39, 0.29) is 17.4 Å². The van der Waals surface area contributed by atoms with E-state index in [1.165, 1.54) is 12.1 Å². The molecular formula is C21H19NO4S. The van der Waals surface area contributed by atoms with Crippen LogP contribution >= 0.6 is 0 Å². The predicted octanol–water partition coefficient (Wildman–Crippen LogP) is 3.92. The van der Waals surface area contributed by atoms with Gasteiger partial charge in [0, 0.05) is 23.1 Å². The Balaban J connectivity index is 1.77. The quantitative estimate of drug-likeness (QED) is 0.702. The Morgan fingerprint density at radius 2 is 1.63 bits per heavy atom. The highest BCUT2D eigenvalue weighted by atomic mass is 32.2. The van der Waals surface area contributed by atoms with Crippen molar-refractivity contribution in [2.75, 3.05) is 11.6 Å². The third-order valence-electron chi connectivity index (χ3n) is 3.92. The van der Waals surface area contributed by atoms with Crippen LogP contribution in [-0.4, -0.2) is 20.6 Å². The lowest BCUT2D eigenvalue weighted by atomic mass is 10.1. The Bertz CT molecular complexity index is 1050. The molecule has 1 N–H and O–H groups in total. The summed E-state index contributed by atoms with van der Waals surface area (Å²) >= 11 is 0. The highest BCUT2D eigenvalue weighted by molar-refractivity contribution is 7.90. The summed E-state index contributed by atoms with van der Waals surface area (Å²) in [6.45, 7) is 0.247. The number of carbonyl (C=O) groups excluding carboxylic acids is 1. The molecule has 0 radical (unpaired) electrons. The van der Waals surface area contributed by atoms with Crippen LogP contribution in [0.25, 0.3) is 0 Å². The van der Waals surface area contributed by atoms with Gasteiger partial charge in [-0.05, 0) is 36.4 Å². The maximum Gasteiger partial charge on any atom is 0.256 e. The highest BCUT2D eigenvalue weighted by Crippen LogP contribution is 2.19. The van der Waals surface area contributed by atoms with E-state index in [1.54, 1.807) is 24.3 Å². The van der Waals surface area contributed by atoms with Gasteiger partial charge in [0.05, 0.1) is 4.90 Å². The summed E-state index contributed by atoms with van der Waals surface area (Å²) in [7, 11) is -3.34. The zero-order valence-corrected chi connectivity index (χ0v) is 15.6. The van der Waals surface area contributed by atoms with Crippen molar-refractivity contribution in [1.29, 1.82) is 0 Å². The van der Waals surface area contributed by atoms with E-state index in [9.17, 15) is 13.2 Å². The maximum absolute atomic E-state index is 12.7. The van der Waals surface area contributed by atoms with Gasteiger partial charge in [0.15, 0.2) is 9.84 Å². The summed E-state index contributed by atoms with van der Waals surface area (Å²) in [4.78, 5) is 12.8. The zero-order chi connectivity index (χ0) is 19.3. The minimum atomic E-state index is -3.34. The predicted molar refractivity (Wildman–Crippen MR) is 105 cm³/mol. The molecule has 0 aliphatic carbocycles. The largest absolute Gasteiger partial charge is 0.489 e. The Morgan fingerprint density at radius 3 is 2.37 bits per heavy atom. The van der Waals surface area contributed by atoms with Crippen LogP contribution in [0.5, 0.6) is 5.75 Å². The molecule has 3 aromatic rings. The minimum absolute atomic E-state index is 0.154. The molecular weight excluding hydrogens is 362 g/mol. The third-order valence-corrected chi connectivity index (χ3v) is 5.03. The first kappa shape index (κ1) is 18.7. The van der Waals surface area contributed by atoms with Crippen molar-refractivity contribution < 1.29 is 17.9 Å². The van der Waals surface area contributed by atoms with Crippen LogP contribution in [-0.2, 0) is 16.4 Å². The van der Waals surface area contributed by atoms with E-state index < -0.39 is 9.84 Å². The van der Waals surface area contributed by atoms with E-state index in [4.69, 9.17) is 4.74 Å². The van der Waals surface area contributed by atoms with Gasteiger partial charge in [-0.25, -0.2) is 8.42 Å². The molecule has 0 heterocycles. The van der Waals surface area contributed by atoms with Crippen molar-refractivity contribution in [1.82, 2.24) is 0 Å². The topological polar surface area (TPSA) is 72.5 Å². The number of sulfone groups is 1.